The number of rotatable bonds is 12. The van der Waals surface area contributed by atoms with Gasteiger partial charge in [-0.2, -0.15) is 0 Å². The van der Waals surface area contributed by atoms with E-state index in [4.69, 9.17) is 37.9 Å². The molecule has 376 valence electrons. The summed E-state index contributed by atoms with van der Waals surface area (Å²) in [5.41, 5.74) is 10.2. The number of ether oxygens (including phenoxy) is 8. The molecule has 1 aliphatic carbocycles. The molecule has 8 bridgehead atoms. The number of hydrogen-bond donors (Lipinski definition) is 0. The molecule has 0 N–H and O–H groups in total. The zero-order chi connectivity index (χ0) is 51.2. The van der Waals surface area contributed by atoms with Crippen LogP contribution in [0.25, 0.3) is 0 Å². The molecule has 8 heteroatoms. The first-order valence-corrected chi connectivity index (χ1v) is 24.9. The third kappa shape index (κ3) is 11.7. The Labute approximate surface area is 412 Å². The minimum absolute atomic E-state index is 0.191. The van der Waals surface area contributed by atoms with Gasteiger partial charge in [-0.25, -0.2) is 0 Å². The van der Waals surface area contributed by atoms with Crippen molar-refractivity contribution in [1.29, 1.82) is 0 Å². The summed E-state index contributed by atoms with van der Waals surface area (Å²) < 4.78 is 56.1. The van der Waals surface area contributed by atoms with Crippen LogP contribution in [0.5, 0.6) is 23.0 Å². The second kappa shape index (κ2) is 20.7. The topological polar surface area (TPSA) is 73.8 Å². The van der Waals surface area contributed by atoms with Crippen molar-refractivity contribution in [2.75, 3.05) is 28.4 Å². The summed E-state index contributed by atoms with van der Waals surface area (Å²) in [6, 6.07) is 18.1. The highest BCUT2D eigenvalue weighted by atomic mass is 16.5. The average Bonchev–Trinajstić information content (AvgIpc) is 3.21. The van der Waals surface area contributed by atoms with Gasteiger partial charge in [-0.1, -0.05) is 83.1 Å². The van der Waals surface area contributed by atoms with Gasteiger partial charge < -0.3 is 37.9 Å². The van der Waals surface area contributed by atoms with Crippen LogP contribution in [0.15, 0.2) is 48.5 Å². The third-order valence-corrected chi connectivity index (χ3v) is 12.8. The van der Waals surface area contributed by atoms with Crippen molar-refractivity contribution >= 4 is 0 Å². The second-order valence-corrected chi connectivity index (χ2v) is 24.0. The first kappa shape index (κ1) is 54.9. The minimum atomic E-state index is -0.658. The fourth-order valence-corrected chi connectivity index (χ4v) is 9.28. The van der Waals surface area contributed by atoms with E-state index in [2.05, 4.69) is 187 Å². The van der Waals surface area contributed by atoms with Crippen molar-refractivity contribution in [3.8, 4) is 23.0 Å². The fourth-order valence-electron chi connectivity index (χ4n) is 9.28. The van der Waals surface area contributed by atoms with E-state index in [1.54, 1.807) is 28.4 Å². The molecule has 0 fully saturated rings. The van der Waals surface area contributed by atoms with Crippen LogP contribution in [0.1, 0.15) is 230 Å². The lowest BCUT2D eigenvalue weighted by Gasteiger charge is -2.36. The molecule has 0 heterocycles. The fraction of sp³-hybridized carbons (Fsp3) is 0.600. The Morgan fingerprint density at radius 2 is 0.412 bits per heavy atom. The maximum Gasteiger partial charge on any atom is 0.131 e. The molecule has 0 unspecified atom stereocenters. The molecule has 0 radical (unpaired) electrons. The van der Waals surface area contributed by atoms with Crippen molar-refractivity contribution in [3.05, 3.63) is 115 Å². The van der Waals surface area contributed by atoms with E-state index in [1.807, 2.05) is 0 Å². The van der Waals surface area contributed by atoms with Crippen LogP contribution in [0.3, 0.4) is 0 Å². The van der Waals surface area contributed by atoms with Crippen LogP contribution in [0.2, 0.25) is 0 Å². The maximum atomic E-state index is 7.27. The molecule has 0 spiro atoms. The molecular formula is C60H88O8. The highest BCUT2D eigenvalue weighted by Gasteiger charge is 2.40. The lowest BCUT2D eigenvalue weighted by atomic mass is 9.77. The van der Waals surface area contributed by atoms with E-state index >= 15 is 0 Å². The predicted molar refractivity (Wildman–Crippen MR) is 279 cm³/mol. The number of benzene rings is 4. The van der Waals surface area contributed by atoms with Crippen molar-refractivity contribution in [2.45, 2.75) is 209 Å². The lowest BCUT2D eigenvalue weighted by Crippen LogP contribution is -2.24. The summed E-state index contributed by atoms with van der Waals surface area (Å²) in [5.74, 6) is 2.68. The molecule has 68 heavy (non-hydrogen) atoms. The molecule has 4 aromatic rings. The normalized spacial score (nSPS) is 18.2. The molecule has 0 aromatic heterocycles. The highest BCUT2D eigenvalue weighted by molar-refractivity contribution is 5.63. The Balaban J connectivity index is 2.29. The van der Waals surface area contributed by atoms with Gasteiger partial charge in [0.25, 0.3) is 0 Å². The Bertz CT molecular complexity index is 1940. The molecule has 0 saturated heterocycles. The smallest absolute Gasteiger partial charge is 0.131 e. The van der Waals surface area contributed by atoms with Gasteiger partial charge >= 0.3 is 0 Å². The van der Waals surface area contributed by atoms with Gasteiger partial charge in [0, 0.05) is 44.5 Å². The molecule has 1 aliphatic rings. The van der Waals surface area contributed by atoms with Gasteiger partial charge in [-0.3, -0.25) is 0 Å². The van der Waals surface area contributed by atoms with E-state index in [-0.39, 0.29) is 46.1 Å². The van der Waals surface area contributed by atoms with Gasteiger partial charge in [0.2, 0.25) is 0 Å². The predicted octanol–water partition coefficient (Wildman–Crippen LogP) is 15.3. The lowest BCUT2D eigenvalue weighted by molar-refractivity contribution is 0.0185. The van der Waals surface area contributed by atoms with Crippen LogP contribution >= 0.6 is 0 Å². The Morgan fingerprint density at radius 3 is 0.500 bits per heavy atom. The van der Waals surface area contributed by atoms with Crippen LogP contribution in [-0.2, 0) is 40.6 Å². The van der Waals surface area contributed by atoms with Crippen molar-refractivity contribution < 1.29 is 37.9 Å². The molecule has 0 saturated carbocycles. The van der Waals surface area contributed by atoms with E-state index in [0.717, 1.165) is 66.8 Å². The molecule has 0 atom stereocenters. The highest BCUT2D eigenvalue weighted by Crippen LogP contribution is 2.54. The van der Waals surface area contributed by atoms with Gasteiger partial charge in [-0.15, -0.1) is 0 Å². The van der Waals surface area contributed by atoms with Crippen molar-refractivity contribution in [3.63, 3.8) is 0 Å². The number of methoxy groups -OCH3 is 4. The first-order chi connectivity index (χ1) is 31.4. The molecule has 8 nitrogen and oxygen atoms in total. The number of hydrogen-bond acceptors (Lipinski definition) is 8. The standard InChI is InChI=1S/C60H88O8/c1-33(2)65-53-41-25-37(57(9,10)11)27-43(49(41)61-21)54(66-34(3)4)45-29-39(59(15,16)17)31-47(51(45)63-23)56(68-36(7)8)48-32-40(60(18,19)20)30-46(52(48)64-24)55(67-35(5)6)44-28-38(58(12,13)14)26-42(53)50(44)62-22/h25-36,53-56H,1-24H3. The molecule has 0 amide bonds. The summed E-state index contributed by atoms with van der Waals surface area (Å²) >= 11 is 0. The van der Waals surface area contributed by atoms with Gasteiger partial charge in [0.05, 0.1) is 52.9 Å². The summed E-state index contributed by atoms with van der Waals surface area (Å²) in [5, 5.41) is 0. The van der Waals surface area contributed by atoms with Gasteiger partial charge in [-0.05, 0) is 148 Å². The van der Waals surface area contributed by atoms with E-state index in [9.17, 15) is 0 Å². The molecular weight excluding hydrogens is 849 g/mol. The van der Waals surface area contributed by atoms with E-state index in [1.165, 1.54) is 0 Å². The first-order valence-electron chi connectivity index (χ1n) is 24.9. The van der Waals surface area contributed by atoms with Crippen LogP contribution in [0, 0.1) is 0 Å². The van der Waals surface area contributed by atoms with Gasteiger partial charge in [0.15, 0.2) is 0 Å². The Morgan fingerprint density at radius 1 is 0.279 bits per heavy atom. The monoisotopic (exact) mass is 937 g/mol. The van der Waals surface area contributed by atoms with Crippen LogP contribution in [-0.4, -0.2) is 52.9 Å². The van der Waals surface area contributed by atoms with E-state index in [0.29, 0.717) is 23.0 Å². The average molecular weight is 937 g/mol. The third-order valence-electron chi connectivity index (χ3n) is 12.8. The quantitative estimate of drug-likeness (QED) is 0.139. The zero-order valence-electron chi connectivity index (χ0n) is 46.5. The number of fused-ring (bicyclic) bond motifs is 8. The maximum absolute atomic E-state index is 7.27. The van der Waals surface area contributed by atoms with Gasteiger partial charge in [0.1, 0.15) is 47.4 Å². The van der Waals surface area contributed by atoms with Crippen LogP contribution < -0.4 is 18.9 Å². The van der Waals surface area contributed by atoms with Crippen molar-refractivity contribution in [2.24, 2.45) is 0 Å². The molecule has 4 aromatic carbocycles. The Kier molecular flexibility index (Phi) is 16.7. The summed E-state index contributed by atoms with van der Waals surface area (Å²) in [6.07, 6.45) is -3.39. The van der Waals surface area contributed by atoms with Crippen LogP contribution in [0.4, 0.5) is 0 Å². The summed E-state index contributed by atoms with van der Waals surface area (Å²) in [4.78, 5) is 0. The zero-order valence-corrected chi connectivity index (χ0v) is 46.5. The summed E-state index contributed by atoms with van der Waals surface area (Å²) in [6.45, 7) is 43.6. The molecule has 0 aliphatic heterocycles. The minimum Gasteiger partial charge on any atom is -0.496 e. The second-order valence-electron chi connectivity index (χ2n) is 24.0. The van der Waals surface area contributed by atoms with E-state index < -0.39 is 24.4 Å². The molecule has 5 rings (SSSR count). The summed E-state index contributed by atoms with van der Waals surface area (Å²) in [7, 11) is 7.01. The largest absolute Gasteiger partial charge is 0.496 e. The Hall–Kier alpha value is -4.08. The SMILES string of the molecule is COc1c2cc(C(C)(C)C)cc1C(OC(C)C)c1cc(C(C)(C)C)cc(c1OC)C(OC(C)C)c1cc(C(C)(C)C)cc(c1OC)C(OC(C)C)c1cc(C(C)(C)C)cc(c1OC)C2OC(C)C. The van der Waals surface area contributed by atoms with Crippen molar-refractivity contribution in [1.82, 2.24) is 0 Å².